The lowest BCUT2D eigenvalue weighted by Gasteiger charge is -2.31. The first-order valence-corrected chi connectivity index (χ1v) is 8.21. The fourth-order valence-electron chi connectivity index (χ4n) is 3.16. The van der Waals surface area contributed by atoms with E-state index >= 15 is 0 Å². The highest BCUT2D eigenvalue weighted by molar-refractivity contribution is 6.30. The van der Waals surface area contributed by atoms with E-state index in [1.165, 1.54) is 0 Å². The Kier molecular flexibility index (Phi) is 4.79. The standard InChI is InChI=1S/C19H20ClNO/c20-15-12-10-14(11-13-15)19(17-8-4-5-9-18(17)22)21-16-6-2-1-3-7-16/h1-3,6-7,10-13,17,19,21H,4-5,8-9H2/t17-,19-/m0/s1. The Balaban J connectivity index is 1.90. The minimum Gasteiger partial charge on any atom is -0.378 e. The molecule has 3 heteroatoms. The fourth-order valence-corrected chi connectivity index (χ4v) is 3.29. The van der Waals surface area contributed by atoms with Gasteiger partial charge in [-0.05, 0) is 42.7 Å². The second-order valence-electron chi connectivity index (χ2n) is 5.86. The van der Waals surface area contributed by atoms with E-state index < -0.39 is 0 Å². The third-order valence-corrected chi connectivity index (χ3v) is 4.58. The highest BCUT2D eigenvalue weighted by Gasteiger charge is 2.31. The molecule has 1 fully saturated rings. The number of hydrogen-bond acceptors (Lipinski definition) is 2. The van der Waals surface area contributed by atoms with Gasteiger partial charge in [-0.15, -0.1) is 0 Å². The molecule has 0 unspecified atom stereocenters. The second-order valence-corrected chi connectivity index (χ2v) is 6.29. The summed E-state index contributed by atoms with van der Waals surface area (Å²) in [7, 11) is 0. The maximum Gasteiger partial charge on any atom is 0.138 e. The number of anilines is 1. The third-order valence-electron chi connectivity index (χ3n) is 4.33. The van der Waals surface area contributed by atoms with Gasteiger partial charge in [-0.3, -0.25) is 4.79 Å². The van der Waals surface area contributed by atoms with Crippen LogP contribution < -0.4 is 5.32 Å². The minimum absolute atomic E-state index is 0.00691. The number of halogens is 1. The van der Waals surface area contributed by atoms with Gasteiger partial charge in [-0.1, -0.05) is 48.4 Å². The van der Waals surface area contributed by atoms with Gasteiger partial charge in [0.05, 0.1) is 6.04 Å². The van der Waals surface area contributed by atoms with Gasteiger partial charge >= 0.3 is 0 Å². The van der Waals surface area contributed by atoms with Crippen LogP contribution in [0.3, 0.4) is 0 Å². The molecule has 0 bridgehead atoms. The summed E-state index contributed by atoms with van der Waals surface area (Å²) >= 11 is 6.00. The summed E-state index contributed by atoms with van der Waals surface area (Å²) in [6, 6.07) is 17.9. The molecule has 0 radical (unpaired) electrons. The summed E-state index contributed by atoms with van der Waals surface area (Å²) in [5.74, 6) is 0.407. The molecular formula is C19H20ClNO. The molecule has 0 aromatic heterocycles. The van der Waals surface area contributed by atoms with Gasteiger partial charge in [0, 0.05) is 23.0 Å². The van der Waals surface area contributed by atoms with Crippen LogP contribution in [0, 0.1) is 5.92 Å². The smallest absolute Gasteiger partial charge is 0.138 e. The number of carbonyl (C=O) groups is 1. The molecule has 0 aliphatic heterocycles. The monoisotopic (exact) mass is 313 g/mol. The van der Waals surface area contributed by atoms with Crippen molar-refractivity contribution in [3.05, 3.63) is 65.2 Å². The van der Waals surface area contributed by atoms with Gasteiger partial charge in [-0.25, -0.2) is 0 Å². The molecule has 114 valence electrons. The van der Waals surface area contributed by atoms with E-state index in [2.05, 4.69) is 5.32 Å². The van der Waals surface area contributed by atoms with Crippen molar-refractivity contribution in [2.45, 2.75) is 31.7 Å². The Morgan fingerprint density at radius 1 is 1.00 bits per heavy atom. The van der Waals surface area contributed by atoms with Crippen LogP contribution in [-0.4, -0.2) is 5.78 Å². The van der Waals surface area contributed by atoms with Gasteiger partial charge in [0.15, 0.2) is 0 Å². The number of ketones is 1. The lowest BCUT2D eigenvalue weighted by Crippen LogP contribution is -2.30. The van der Waals surface area contributed by atoms with Crippen LogP contribution in [-0.2, 0) is 4.79 Å². The van der Waals surface area contributed by atoms with Crippen LogP contribution in [0.25, 0.3) is 0 Å². The first-order valence-electron chi connectivity index (χ1n) is 7.84. The summed E-state index contributed by atoms with van der Waals surface area (Å²) in [4.78, 5) is 12.4. The molecule has 2 atom stereocenters. The van der Waals surface area contributed by atoms with Crippen molar-refractivity contribution in [1.82, 2.24) is 0 Å². The fraction of sp³-hybridized carbons (Fsp3) is 0.316. The van der Waals surface area contributed by atoms with Crippen molar-refractivity contribution in [2.75, 3.05) is 5.32 Å². The largest absolute Gasteiger partial charge is 0.378 e. The van der Waals surface area contributed by atoms with Gasteiger partial charge in [0.25, 0.3) is 0 Å². The van der Waals surface area contributed by atoms with Crippen molar-refractivity contribution < 1.29 is 4.79 Å². The van der Waals surface area contributed by atoms with Crippen LogP contribution in [0.2, 0.25) is 5.02 Å². The third kappa shape index (κ3) is 3.50. The van der Waals surface area contributed by atoms with Gasteiger partial charge < -0.3 is 5.32 Å². The average Bonchev–Trinajstić information content (AvgIpc) is 2.55. The molecule has 2 aromatic rings. The second kappa shape index (κ2) is 6.97. The number of benzene rings is 2. The number of para-hydroxylation sites is 1. The molecule has 1 saturated carbocycles. The Labute approximate surface area is 136 Å². The van der Waals surface area contributed by atoms with Crippen LogP contribution in [0.15, 0.2) is 54.6 Å². The Morgan fingerprint density at radius 2 is 1.73 bits per heavy atom. The van der Waals surface area contributed by atoms with Crippen molar-refractivity contribution >= 4 is 23.1 Å². The topological polar surface area (TPSA) is 29.1 Å². The van der Waals surface area contributed by atoms with E-state index in [0.29, 0.717) is 12.2 Å². The molecule has 22 heavy (non-hydrogen) atoms. The number of nitrogens with one attached hydrogen (secondary N) is 1. The Morgan fingerprint density at radius 3 is 2.41 bits per heavy atom. The molecule has 2 aromatic carbocycles. The van der Waals surface area contributed by atoms with E-state index in [1.54, 1.807) is 0 Å². The van der Waals surface area contributed by atoms with Gasteiger partial charge in [0.1, 0.15) is 5.78 Å². The summed E-state index contributed by atoms with van der Waals surface area (Å²) < 4.78 is 0. The van der Waals surface area contributed by atoms with Crippen molar-refractivity contribution in [2.24, 2.45) is 5.92 Å². The molecular weight excluding hydrogens is 294 g/mol. The molecule has 1 N–H and O–H groups in total. The van der Waals surface area contributed by atoms with Crippen molar-refractivity contribution in [3.63, 3.8) is 0 Å². The molecule has 0 saturated heterocycles. The van der Waals surface area contributed by atoms with Crippen molar-refractivity contribution in [1.29, 1.82) is 0 Å². The van der Waals surface area contributed by atoms with Crippen LogP contribution in [0.4, 0.5) is 5.69 Å². The molecule has 3 rings (SSSR count). The highest BCUT2D eigenvalue weighted by Crippen LogP contribution is 2.35. The van der Waals surface area contributed by atoms with Crippen LogP contribution in [0.5, 0.6) is 0 Å². The molecule has 0 amide bonds. The predicted molar refractivity (Wildman–Crippen MR) is 91.2 cm³/mol. The molecule has 2 nitrogen and oxygen atoms in total. The van der Waals surface area contributed by atoms with Gasteiger partial charge in [0.2, 0.25) is 0 Å². The number of Topliss-reactive ketones (excluding diaryl/α,β-unsaturated/α-hetero) is 1. The van der Waals surface area contributed by atoms with Gasteiger partial charge in [-0.2, -0.15) is 0 Å². The van der Waals surface area contributed by atoms with E-state index in [9.17, 15) is 4.79 Å². The lowest BCUT2D eigenvalue weighted by atomic mass is 9.80. The van der Waals surface area contributed by atoms with Crippen LogP contribution in [0.1, 0.15) is 37.3 Å². The van der Waals surface area contributed by atoms with Crippen molar-refractivity contribution in [3.8, 4) is 0 Å². The number of carbonyl (C=O) groups excluding carboxylic acids is 1. The van der Waals surface area contributed by atoms with E-state index in [4.69, 9.17) is 11.6 Å². The maximum absolute atomic E-state index is 12.4. The van der Waals surface area contributed by atoms with E-state index in [-0.39, 0.29) is 12.0 Å². The molecule has 1 aliphatic carbocycles. The zero-order chi connectivity index (χ0) is 15.4. The minimum atomic E-state index is 0.00691. The summed E-state index contributed by atoms with van der Waals surface area (Å²) in [6.07, 6.45) is 3.79. The molecule has 0 heterocycles. The number of hydrogen-bond donors (Lipinski definition) is 1. The molecule has 0 spiro atoms. The maximum atomic E-state index is 12.4. The zero-order valence-corrected chi connectivity index (χ0v) is 13.2. The first kappa shape index (κ1) is 15.1. The molecule has 1 aliphatic rings. The average molecular weight is 314 g/mol. The highest BCUT2D eigenvalue weighted by atomic mass is 35.5. The SMILES string of the molecule is O=C1CCCC[C@@H]1[C@@H](Nc1ccccc1)c1ccc(Cl)cc1. The van der Waals surface area contributed by atoms with E-state index in [1.807, 2.05) is 54.6 Å². The summed E-state index contributed by atoms with van der Waals surface area (Å²) in [5.41, 5.74) is 2.16. The zero-order valence-electron chi connectivity index (χ0n) is 12.5. The summed E-state index contributed by atoms with van der Waals surface area (Å²) in [5, 5.41) is 4.27. The normalized spacial score (nSPS) is 19.7. The quantitative estimate of drug-likeness (QED) is 0.835. The first-order chi connectivity index (χ1) is 10.7. The summed E-state index contributed by atoms with van der Waals surface area (Å²) in [6.45, 7) is 0. The predicted octanol–water partition coefficient (Wildman–Crippen LogP) is 5.25. The Bertz CT molecular complexity index is 624. The lowest BCUT2D eigenvalue weighted by molar-refractivity contribution is -0.125. The van der Waals surface area contributed by atoms with Crippen LogP contribution >= 0.6 is 11.6 Å². The van der Waals surface area contributed by atoms with E-state index in [0.717, 1.165) is 35.5 Å². The Hall–Kier alpha value is -1.80. The number of rotatable bonds is 4.